The van der Waals surface area contributed by atoms with Crippen molar-refractivity contribution in [3.05, 3.63) is 5.89 Å². The van der Waals surface area contributed by atoms with E-state index in [1.165, 1.54) is 13.2 Å². The second-order valence-electron chi connectivity index (χ2n) is 3.47. The lowest BCUT2D eigenvalue weighted by Crippen LogP contribution is -2.36. The molecule has 1 unspecified atom stereocenters. The van der Waals surface area contributed by atoms with Gasteiger partial charge < -0.3 is 20.1 Å². The third-order valence-corrected chi connectivity index (χ3v) is 2.21. The molecule has 18 heavy (non-hydrogen) atoms. The number of nitrogens with two attached hydrogens (primary N) is 1. The normalized spacial score (nSPS) is 14.9. The molecule has 1 radical (unpaired) electrons. The molecular formula is C9H11N4O5. The summed E-state index contributed by atoms with van der Waals surface area (Å²) >= 11 is 0. The number of aromatic nitrogens is 2. The number of carbonyl (C=O) groups is 1. The number of hydrogen-bond acceptors (Lipinski definition) is 8. The number of carbonyl (C=O) groups excluding carboxylic acids is 1. The maximum Gasteiger partial charge on any atom is 0.350 e. The van der Waals surface area contributed by atoms with E-state index in [0.29, 0.717) is 0 Å². The van der Waals surface area contributed by atoms with Crippen LogP contribution in [-0.2, 0) is 14.4 Å². The summed E-state index contributed by atoms with van der Waals surface area (Å²) in [5.74, 6) is -1.52. The van der Waals surface area contributed by atoms with Crippen LogP contribution in [0.5, 0.6) is 0 Å². The van der Waals surface area contributed by atoms with Crippen molar-refractivity contribution in [1.29, 1.82) is 0 Å². The van der Waals surface area contributed by atoms with E-state index < -0.39 is 17.3 Å². The highest BCUT2D eigenvalue weighted by Crippen LogP contribution is 2.16. The van der Waals surface area contributed by atoms with Gasteiger partial charge in [-0.05, 0) is 13.3 Å². The number of carboxylic acids is 1. The molecule has 0 aliphatic heterocycles. The molecule has 0 bridgehead atoms. The molecule has 97 valence electrons. The second-order valence-corrected chi connectivity index (χ2v) is 3.47. The van der Waals surface area contributed by atoms with Gasteiger partial charge in [0.25, 0.3) is 12.2 Å². The number of nitrogen functional groups attached to an aromatic ring is 1. The van der Waals surface area contributed by atoms with Crippen LogP contribution in [0.1, 0.15) is 26.2 Å². The Kier molecular flexibility index (Phi) is 3.97. The number of aliphatic carboxylic acids is 1. The molecule has 0 amide bonds. The minimum absolute atomic E-state index is 0.143. The van der Waals surface area contributed by atoms with Crippen molar-refractivity contribution >= 4 is 24.0 Å². The number of hydrogen-bond donors (Lipinski definition) is 2. The Bertz CT molecular complexity index is 483. The van der Waals surface area contributed by atoms with Crippen molar-refractivity contribution in [1.82, 2.24) is 10.2 Å². The van der Waals surface area contributed by atoms with Gasteiger partial charge in [0.15, 0.2) is 0 Å². The van der Waals surface area contributed by atoms with Crippen LogP contribution in [0.3, 0.4) is 0 Å². The van der Waals surface area contributed by atoms with Gasteiger partial charge in [0, 0.05) is 0 Å². The molecule has 9 nitrogen and oxygen atoms in total. The standard InChI is InChI=1S/C9H11N4O5/c1-3-9(2,7(15)16)18-13-5(4-14)6-11-12-8(10)17-6/h3H2,1-2H3,(H2,10,12)(H,15,16). The lowest BCUT2D eigenvalue weighted by molar-refractivity contribution is -0.164. The molecule has 0 fully saturated rings. The average Bonchev–Trinajstić information content (AvgIpc) is 2.76. The van der Waals surface area contributed by atoms with Gasteiger partial charge in [0.05, 0.1) is 0 Å². The molecule has 1 atom stereocenters. The molecular weight excluding hydrogens is 244 g/mol. The highest BCUT2D eigenvalue weighted by Gasteiger charge is 2.34. The number of carboxylic acid groups (broad SMARTS) is 1. The Hall–Kier alpha value is -2.45. The highest BCUT2D eigenvalue weighted by atomic mass is 16.7. The van der Waals surface area contributed by atoms with Gasteiger partial charge in [0.1, 0.15) is 0 Å². The first kappa shape index (κ1) is 13.6. The molecule has 1 aromatic heterocycles. The summed E-state index contributed by atoms with van der Waals surface area (Å²) in [6, 6.07) is -0.260. The van der Waals surface area contributed by atoms with E-state index in [1.54, 1.807) is 6.92 Å². The fraction of sp³-hybridized carbons (Fsp3) is 0.444. The lowest BCUT2D eigenvalue weighted by Gasteiger charge is -2.19. The quantitative estimate of drug-likeness (QED) is 0.522. The minimum atomic E-state index is -1.56. The number of rotatable bonds is 6. The van der Waals surface area contributed by atoms with Crippen molar-refractivity contribution in [2.24, 2.45) is 5.16 Å². The van der Waals surface area contributed by atoms with Crippen molar-refractivity contribution in [2.45, 2.75) is 25.9 Å². The van der Waals surface area contributed by atoms with E-state index in [4.69, 9.17) is 20.1 Å². The molecule has 3 N–H and O–H groups in total. The van der Waals surface area contributed by atoms with E-state index in [1.807, 2.05) is 0 Å². The summed E-state index contributed by atoms with van der Waals surface area (Å²) < 4.78 is 4.73. The molecule has 1 heterocycles. The smallest absolute Gasteiger partial charge is 0.350 e. The third-order valence-electron chi connectivity index (χ3n) is 2.21. The third kappa shape index (κ3) is 2.81. The van der Waals surface area contributed by atoms with Crippen molar-refractivity contribution < 1.29 is 24.0 Å². The zero-order chi connectivity index (χ0) is 13.8. The molecule has 0 aliphatic carbocycles. The van der Waals surface area contributed by atoms with Gasteiger partial charge in [0.2, 0.25) is 11.3 Å². The summed E-state index contributed by atoms with van der Waals surface area (Å²) in [7, 11) is 0. The van der Waals surface area contributed by atoms with Gasteiger partial charge in [-0.2, -0.15) is 0 Å². The zero-order valence-corrected chi connectivity index (χ0v) is 9.71. The number of anilines is 1. The Morgan fingerprint density at radius 3 is 2.72 bits per heavy atom. The summed E-state index contributed by atoms with van der Waals surface area (Å²) in [4.78, 5) is 26.4. The average molecular weight is 255 g/mol. The first-order valence-corrected chi connectivity index (χ1v) is 4.90. The molecule has 0 saturated carbocycles. The van der Waals surface area contributed by atoms with Crippen LogP contribution in [0, 0.1) is 0 Å². The van der Waals surface area contributed by atoms with Crippen molar-refractivity contribution in [2.75, 3.05) is 5.73 Å². The lowest BCUT2D eigenvalue weighted by atomic mass is 10.1. The first-order valence-electron chi connectivity index (χ1n) is 4.90. The molecule has 0 aliphatic rings. The maximum absolute atomic E-state index is 10.9. The predicted molar refractivity (Wildman–Crippen MR) is 58.4 cm³/mol. The molecule has 1 aromatic rings. The van der Waals surface area contributed by atoms with E-state index in [2.05, 4.69) is 15.4 Å². The largest absolute Gasteiger partial charge is 0.478 e. The molecule has 0 aromatic carbocycles. The highest BCUT2D eigenvalue weighted by molar-refractivity contribution is 6.34. The van der Waals surface area contributed by atoms with E-state index >= 15 is 0 Å². The zero-order valence-electron chi connectivity index (χ0n) is 9.71. The first-order chi connectivity index (χ1) is 8.42. The minimum Gasteiger partial charge on any atom is -0.478 e. The number of oxime groups is 1. The van der Waals surface area contributed by atoms with Crippen LogP contribution in [0.4, 0.5) is 6.01 Å². The van der Waals surface area contributed by atoms with Gasteiger partial charge in [-0.25, -0.2) is 4.79 Å². The van der Waals surface area contributed by atoms with E-state index in [9.17, 15) is 9.59 Å². The Morgan fingerprint density at radius 2 is 2.33 bits per heavy atom. The summed E-state index contributed by atoms with van der Waals surface area (Å²) in [6.07, 6.45) is 1.54. The van der Waals surface area contributed by atoms with Crippen LogP contribution >= 0.6 is 0 Å². The summed E-state index contributed by atoms with van der Waals surface area (Å²) in [5, 5.41) is 19.0. The van der Waals surface area contributed by atoms with Gasteiger partial charge in [-0.15, -0.1) is 5.10 Å². The van der Waals surface area contributed by atoms with Gasteiger partial charge in [-0.1, -0.05) is 17.2 Å². The van der Waals surface area contributed by atoms with Gasteiger partial charge in [-0.3, -0.25) is 4.79 Å². The van der Waals surface area contributed by atoms with Crippen molar-refractivity contribution in [3.63, 3.8) is 0 Å². The molecule has 9 heteroatoms. The molecule has 0 spiro atoms. The van der Waals surface area contributed by atoms with Crippen LogP contribution in [0.2, 0.25) is 0 Å². The fourth-order valence-corrected chi connectivity index (χ4v) is 0.833. The van der Waals surface area contributed by atoms with Crippen LogP contribution in [0.15, 0.2) is 9.57 Å². The second kappa shape index (κ2) is 5.25. The van der Waals surface area contributed by atoms with E-state index in [0.717, 1.165) is 0 Å². The molecule has 0 saturated heterocycles. The SMILES string of the molecule is CCC(C)(ON=C([C]=O)c1nnc(N)o1)C(=O)O. The Morgan fingerprint density at radius 1 is 1.67 bits per heavy atom. The number of nitrogens with zero attached hydrogens (tertiary/aromatic N) is 3. The summed E-state index contributed by atoms with van der Waals surface area (Å²) in [6.45, 7) is 2.90. The Labute approximate surface area is 102 Å². The Balaban J connectivity index is 2.93. The topological polar surface area (TPSA) is 141 Å². The predicted octanol–water partition coefficient (Wildman–Crippen LogP) is -0.265. The van der Waals surface area contributed by atoms with E-state index in [-0.39, 0.29) is 18.3 Å². The fourth-order valence-electron chi connectivity index (χ4n) is 0.833. The van der Waals surface area contributed by atoms with Crippen LogP contribution in [0.25, 0.3) is 0 Å². The van der Waals surface area contributed by atoms with Crippen molar-refractivity contribution in [3.8, 4) is 0 Å². The van der Waals surface area contributed by atoms with Gasteiger partial charge >= 0.3 is 12.0 Å². The van der Waals surface area contributed by atoms with Crippen LogP contribution in [-0.4, -0.2) is 38.9 Å². The summed E-state index contributed by atoms with van der Waals surface area (Å²) in [5.41, 5.74) is 3.15. The maximum atomic E-state index is 10.9. The molecule has 1 rings (SSSR count). The monoisotopic (exact) mass is 255 g/mol. The van der Waals surface area contributed by atoms with Crippen LogP contribution < -0.4 is 5.73 Å².